The fraction of sp³-hybridized carbons (Fsp3) is 0.211. The molecule has 1 atom stereocenters. The molecule has 6 heteroatoms. The van der Waals surface area contributed by atoms with Crippen molar-refractivity contribution < 1.29 is 9.78 Å². The first kappa shape index (κ1) is 15.6. The third-order valence-electron chi connectivity index (χ3n) is 4.86. The second-order valence-corrected chi connectivity index (χ2v) is 7.38. The number of hydrogen-bond acceptors (Lipinski definition) is 4. The number of carbonyl (C=O) groups excluding carboxylic acids is 1. The summed E-state index contributed by atoms with van der Waals surface area (Å²) in [5.74, 6) is 0.355. The highest BCUT2D eigenvalue weighted by atomic mass is 32.1. The molecule has 0 bridgehead atoms. The van der Waals surface area contributed by atoms with E-state index in [9.17, 15) is 10.1 Å². The zero-order valence-corrected chi connectivity index (χ0v) is 14.8. The normalized spacial score (nSPS) is 16.4. The number of nitrogens with one attached hydrogen (secondary N) is 2. The van der Waals surface area contributed by atoms with Gasteiger partial charge in [-0.3, -0.25) is 10.5 Å². The van der Waals surface area contributed by atoms with Crippen molar-refractivity contribution in [3.63, 3.8) is 0 Å². The quantitative estimate of drug-likeness (QED) is 0.706. The van der Waals surface area contributed by atoms with Gasteiger partial charge < -0.3 is 5.32 Å². The molecule has 124 valence electrons. The number of nitrogens with two attached hydrogens (primary N) is 1. The molecular formula is C19H17N4OS+. The Labute approximate surface area is 149 Å². The van der Waals surface area contributed by atoms with Crippen molar-refractivity contribution in [3.05, 3.63) is 52.1 Å². The highest BCUT2D eigenvalue weighted by molar-refractivity contribution is 7.23. The molecule has 1 amide bonds. The average molecular weight is 349 g/mol. The van der Waals surface area contributed by atoms with E-state index in [4.69, 9.17) is 5.73 Å². The predicted octanol–water partition coefficient (Wildman–Crippen LogP) is 3.26. The molecule has 3 heterocycles. The smallest absolute Gasteiger partial charge is 0.289 e. The summed E-state index contributed by atoms with van der Waals surface area (Å²) in [6, 6.07) is 10.3. The topological polar surface area (TPSA) is 93.0 Å². The minimum absolute atomic E-state index is 0.0124. The Hall–Kier alpha value is -2.91. The van der Waals surface area contributed by atoms with Gasteiger partial charge in [-0.1, -0.05) is 24.3 Å². The van der Waals surface area contributed by atoms with Crippen LogP contribution in [0.2, 0.25) is 0 Å². The number of amides is 1. The molecule has 2 aromatic heterocycles. The molecule has 25 heavy (non-hydrogen) atoms. The summed E-state index contributed by atoms with van der Waals surface area (Å²) >= 11 is 1.50. The van der Waals surface area contributed by atoms with Crippen LogP contribution in [0.3, 0.4) is 0 Å². The molecule has 0 fully saturated rings. The minimum Gasteiger partial charge on any atom is -0.317 e. The summed E-state index contributed by atoms with van der Waals surface area (Å²) in [5.41, 5.74) is 11.7. The van der Waals surface area contributed by atoms with Crippen molar-refractivity contribution in [1.82, 2.24) is 0 Å². The van der Waals surface area contributed by atoms with Crippen LogP contribution in [0.1, 0.15) is 40.2 Å². The van der Waals surface area contributed by atoms with Crippen LogP contribution >= 0.6 is 11.3 Å². The van der Waals surface area contributed by atoms with Crippen LogP contribution in [0, 0.1) is 25.2 Å². The van der Waals surface area contributed by atoms with E-state index in [1.54, 1.807) is 0 Å². The lowest BCUT2D eigenvalue weighted by Crippen LogP contribution is -2.24. The second kappa shape index (κ2) is 5.57. The van der Waals surface area contributed by atoms with E-state index in [0.29, 0.717) is 17.8 Å². The average Bonchev–Trinajstić information content (AvgIpc) is 2.93. The molecule has 0 saturated heterocycles. The molecule has 3 aromatic rings. The highest BCUT2D eigenvalue weighted by Gasteiger charge is 2.34. The number of hydrogen-bond donors (Lipinski definition) is 2. The van der Waals surface area contributed by atoms with Crippen LogP contribution in [-0.4, -0.2) is 5.91 Å². The van der Waals surface area contributed by atoms with E-state index in [1.807, 2.05) is 19.1 Å². The first-order valence-electron chi connectivity index (χ1n) is 8.04. The molecule has 5 nitrogen and oxygen atoms in total. The van der Waals surface area contributed by atoms with E-state index < -0.39 is 0 Å². The van der Waals surface area contributed by atoms with Gasteiger partial charge in [-0.05, 0) is 30.5 Å². The number of thiophene rings is 1. The Bertz CT molecular complexity index is 1080. The number of aryl methyl sites for hydroxylation is 2. The van der Waals surface area contributed by atoms with Gasteiger partial charge >= 0.3 is 0 Å². The maximum absolute atomic E-state index is 12.3. The van der Waals surface area contributed by atoms with Gasteiger partial charge in [0.05, 0.1) is 4.70 Å². The van der Waals surface area contributed by atoms with Gasteiger partial charge in [-0.25, -0.2) is 4.98 Å². The number of fused-ring (bicyclic) bond motifs is 3. The maximum atomic E-state index is 12.3. The van der Waals surface area contributed by atoms with E-state index in [0.717, 1.165) is 37.5 Å². The van der Waals surface area contributed by atoms with Gasteiger partial charge in [-0.15, -0.1) is 11.3 Å². The number of benzene rings is 1. The van der Waals surface area contributed by atoms with Crippen molar-refractivity contribution in [1.29, 1.82) is 5.26 Å². The summed E-state index contributed by atoms with van der Waals surface area (Å²) in [5, 5.41) is 13.2. The summed E-state index contributed by atoms with van der Waals surface area (Å²) < 4.78 is 0.969. The number of H-pyrrole nitrogens is 1. The minimum atomic E-state index is -0.0262. The molecule has 1 aromatic carbocycles. The Morgan fingerprint density at radius 2 is 2.12 bits per heavy atom. The Kier molecular flexibility index (Phi) is 3.48. The van der Waals surface area contributed by atoms with Gasteiger partial charge in [0, 0.05) is 17.9 Å². The molecule has 0 aliphatic carbocycles. The maximum Gasteiger partial charge on any atom is 0.289 e. The molecular weight excluding hydrogens is 332 g/mol. The molecule has 4 rings (SSSR count). The molecule has 4 N–H and O–H groups in total. The van der Waals surface area contributed by atoms with Gasteiger partial charge in [-0.2, -0.15) is 5.26 Å². The number of nitriles is 1. The number of aromatic amines is 1. The van der Waals surface area contributed by atoms with Crippen LogP contribution in [0.25, 0.3) is 10.2 Å². The SMILES string of the molecule is Cc1ccccc1[C@@H]1CC(=O)Nc2sc3c(C)c(C#N)c(N)[nH+]c3c21. The van der Waals surface area contributed by atoms with Gasteiger partial charge in [0.15, 0.2) is 0 Å². The summed E-state index contributed by atoms with van der Waals surface area (Å²) in [6.07, 6.45) is 0.399. The van der Waals surface area contributed by atoms with Crippen molar-refractivity contribution in [3.8, 4) is 6.07 Å². The largest absolute Gasteiger partial charge is 0.317 e. The molecule has 0 spiro atoms. The number of anilines is 2. The Morgan fingerprint density at radius 3 is 2.84 bits per heavy atom. The molecule has 1 aliphatic rings. The third kappa shape index (κ3) is 2.28. The highest BCUT2D eigenvalue weighted by Crippen LogP contribution is 2.47. The van der Waals surface area contributed by atoms with Crippen molar-refractivity contribution in [2.45, 2.75) is 26.2 Å². The fourth-order valence-electron chi connectivity index (χ4n) is 3.62. The number of nitrogen functional groups attached to an aromatic ring is 1. The third-order valence-corrected chi connectivity index (χ3v) is 6.10. The van der Waals surface area contributed by atoms with E-state index in [2.05, 4.69) is 35.4 Å². The molecule has 0 unspecified atom stereocenters. The standard InChI is InChI=1S/C19H16N4OS/c1-9-5-3-4-6-11(9)12-7-14(24)22-19-15(12)16-17(25-19)10(2)13(8-20)18(21)23-16/h3-6,12H,7H2,1-2H3,(H2,21,23)(H,22,24)/p+1/t12-/m0/s1. The van der Waals surface area contributed by atoms with Crippen molar-refractivity contribution >= 4 is 38.3 Å². The summed E-state index contributed by atoms with van der Waals surface area (Å²) in [7, 11) is 0. The fourth-order valence-corrected chi connectivity index (χ4v) is 4.86. The zero-order chi connectivity index (χ0) is 17.7. The van der Waals surface area contributed by atoms with Gasteiger partial charge in [0.1, 0.15) is 22.2 Å². The molecule has 0 radical (unpaired) electrons. The van der Waals surface area contributed by atoms with Crippen LogP contribution in [0.4, 0.5) is 10.8 Å². The first-order valence-corrected chi connectivity index (χ1v) is 8.86. The van der Waals surface area contributed by atoms with Gasteiger partial charge in [0.25, 0.3) is 5.82 Å². The molecule has 0 saturated carbocycles. The summed E-state index contributed by atoms with van der Waals surface area (Å²) in [4.78, 5) is 15.5. The summed E-state index contributed by atoms with van der Waals surface area (Å²) in [6.45, 7) is 3.96. The van der Waals surface area contributed by atoms with E-state index in [-0.39, 0.29) is 11.8 Å². The first-order chi connectivity index (χ1) is 12.0. The number of nitrogens with zero attached hydrogens (tertiary/aromatic N) is 1. The van der Waals surface area contributed by atoms with Crippen LogP contribution in [-0.2, 0) is 4.79 Å². The lowest BCUT2D eigenvalue weighted by Gasteiger charge is -2.24. The lowest BCUT2D eigenvalue weighted by molar-refractivity contribution is -0.327. The number of carbonyl (C=O) groups is 1. The van der Waals surface area contributed by atoms with Crippen LogP contribution in [0.15, 0.2) is 24.3 Å². The van der Waals surface area contributed by atoms with Crippen LogP contribution in [0.5, 0.6) is 0 Å². The Balaban J connectivity index is 2.05. The van der Waals surface area contributed by atoms with Crippen LogP contribution < -0.4 is 16.0 Å². The molecule has 1 aliphatic heterocycles. The van der Waals surface area contributed by atoms with E-state index >= 15 is 0 Å². The van der Waals surface area contributed by atoms with Crippen molar-refractivity contribution in [2.75, 3.05) is 11.1 Å². The lowest BCUT2D eigenvalue weighted by atomic mass is 9.84. The number of pyridine rings is 1. The van der Waals surface area contributed by atoms with E-state index in [1.165, 1.54) is 11.3 Å². The monoisotopic (exact) mass is 349 g/mol. The van der Waals surface area contributed by atoms with Gasteiger partial charge in [0.2, 0.25) is 5.91 Å². The Morgan fingerprint density at radius 1 is 1.36 bits per heavy atom. The number of aromatic nitrogens is 1. The zero-order valence-electron chi connectivity index (χ0n) is 13.9. The predicted molar refractivity (Wildman–Crippen MR) is 98.5 cm³/mol. The second-order valence-electron chi connectivity index (χ2n) is 6.36. The van der Waals surface area contributed by atoms with Crippen molar-refractivity contribution in [2.24, 2.45) is 0 Å². The number of rotatable bonds is 1.